The summed E-state index contributed by atoms with van der Waals surface area (Å²) in [5, 5.41) is 30.9. The Labute approximate surface area is 204 Å². The van der Waals surface area contributed by atoms with Crippen LogP contribution in [0, 0.1) is 5.41 Å². The second kappa shape index (κ2) is 7.88. The molecule has 9 nitrogen and oxygen atoms in total. The SMILES string of the molecule is CNc1ncnc2c1ccn2C1CC2(CNC(c3ccc4cc(Br)c(N)nc4c3)C2)C(O)C1O. The minimum Gasteiger partial charge on any atom is -0.390 e. The zero-order valence-electron chi connectivity index (χ0n) is 18.6. The van der Waals surface area contributed by atoms with E-state index in [9.17, 15) is 10.2 Å². The van der Waals surface area contributed by atoms with Crippen molar-refractivity contribution in [2.24, 2.45) is 5.41 Å². The van der Waals surface area contributed by atoms with Crippen molar-refractivity contribution in [3.8, 4) is 0 Å². The molecule has 1 aromatic carbocycles. The van der Waals surface area contributed by atoms with Gasteiger partial charge in [0.05, 0.1) is 27.5 Å². The van der Waals surface area contributed by atoms with Gasteiger partial charge in [-0.25, -0.2) is 15.0 Å². The smallest absolute Gasteiger partial charge is 0.145 e. The number of pyridine rings is 1. The Morgan fingerprint density at radius 2 is 2.06 bits per heavy atom. The van der Waals surface area contributed by atoms with E-state index in [-0.39, 0.29) is 12.1 Å². The van der Waals surface area contributed by atoms with Crippen LogP contribution in [0.4, 0.5) is 11.6 Å². The number of benzene rings is 1. The van der Waals surface area contributed by atoms with Crippen LogP contribution < -0.4 is 16.4 Å². The van der Waals surface area contributed by atoms with Crippen LogP contribution in [-0.2, 0) is 0 Å². The molecule has 1 aliphatic heterocycles. The molecule has 10 heteroatoms. The Bertz CT molecular complexity index is 1410. The average Bonchev–Trinajstić information content (AvgIpc) is 3.53. The third-order valence-electron chi connectivity index (χ3n) is 7.60. The van der Waals surface area contributed by atoms with Gasteiger partial charge in [0.15, 0.2) is 0 Å². The zero-order valence-corrected chi connectivity index (χ0v) is 20.2. The topological polar surface area (TPSA) is 134 Å². The molecular formula is C24H26BrN7O2. The molecule has 3 aromatic heterocycles. The third kappa shape index (κ3) is 3.20. The summed E-state index contributed by atoms with van der Waals surface area (Å²) < 4.78 is 2.76. The highest BCUT2D eigenvalue weighted by atomic mass is 79.9. The van der Waals surface area contributed by atoms with Crippen molar-refractivity contribution >= 4 is 49.5 Å². The zero-order chi connectivity index (χ0) is 23.6. The number of aliphatic hydroxyl groups excluding tert-OH is 2. The predicted molar refractivity (Wildman–Crippen MR) is 134 cm³/mol. The maximum atomic E-state index is 11.2. The Morgan fingerprint density at radius 1 is 1.21 bits per heavy atom. The number of anilines is 2. The van der Waals surface area contributed by atoms with Gasteiger partial charge in [-0.15, -0.1) is 0 Å². The van der Waals surface area contributed by atoms with Crippen LogP contribution in [0.3, 0.4) is 0 Å². The number of nitrogens with one attached hydrogen (secondary N) is 2. The van der Waals surface area contributed by atoms with Crippen LogP contribution in [0.25, 0.3) is 21.9 Å². The van der Waals surface area contributed by atoms with Crippen LogP contribution >= 0.6 is 15.9 Å². The molecule has 1 spiro atoms. The molecule has 5 unspecified atom stereocenters. The minimum absolute atomic E-state index is 0.0521. The molecule has 0 bridgehead atoms. The van der Waals surface area contributed by atoms with Gasteiger partial charge in [-0.05, 0) is 52.5 Å². The largest absolute Gasteiger partial charge is 0.390 e. The molecule has 2 fully saturated rings. The first-order chi connectivity index (χ1) is 16.4. The highest BCUT2D eigenvalue weighted by Gasteiger charge is 2.56. The molecule has 1 saturated carbocycles. The lowest BCUT2D eigenvalue weighted by Crippen LogP contribution is -2.38. The molecule has 4 heterocycles. The molecular weight excluding hydrogens is 498 g/mol. The highest BCUT2D eigenvalue weighted by molar-refractivity contribution is 9.10. The van der Waals surface area contributed by atoms with E-state index in [1.165, 1.54) is 6.33 Å². The fourth-order valence-corrected chi connectivity index (χ4v) is 6.15. The van der Waals surface area contributed by atoms with Crippen LogP contribution in [0.2, 0.25) is 0 Å². The number of fused-ring (bicyclic) bond motifs is 2. The number of nitrogens with two attached hydrogens (primary N) is 1. The number of nitrogen functional groups attached to an aromatic ring is 1. The van der Waals surface area contributed by atoms with Gasteiger partial charge in [0.25, 0.3) is 0 Å². The molecule has 2 aliphatic rings. The first kappa shape index (κ1) is 21.7. The summed E-state index contributed by atoms with van der Waals surface area (Å²) in [5.74, 6) is 1.20. The van der Waals surface area contributed by atoms with E-state index in [1.807, 2.05) is 36.0 Å². The summed E-state index contributed by atoms with van der Waals surface area (Å²) in [7, 11) is 1.82. The van der Waals surface area contributed by atoms with E-state index in [2.05, 4.69) is 53.6 Å². The molecule has 0 radical (unpaired) electrons. The van der Waals surface area contributed by atoms with E-state index >= 15 is 0 Å². The number of nitrogens with zero attached hydrogens (tertiary/aromatic N) is 4. The van der Waals surface area contributed by atoms with E-state index in [1.54, 1.807) is 0 Å². The molecule has 5 atom stereocenters. The summed E-state index contributed by atoms with van der Waals surface area (Å²) >= 11 is 3.43. The van der Waals surface area contributed by atoms with Crippen molar-refractivity contribution in [2.75, 3.05) is 24.6 Å². The molecule has 6 rings (SSSR count). The monoisotopic (exact) mass is 523 g/mol. The number of hydrogen-bond donors (Lipinski definition) is 5. The van der Waals surface area contributed by atoms with E-state index in [4.69, 9.17) is 5.73 Å². The number of hydrogen-bond acceptors (Lipinski definition) is 8. The first-order valence-electron chi connectivity index (χ1n) is 11.3. The van der Waals surface area contributed by atoms with E-state index < -0.39 is 17.6 Å². The highest BCUT2D eigenvalue weighted by Crippen LogP contribution is 2.52. The minimum atomic E-state index is -0.889. The summed E-state index contributed by atoms with van der Waals surface area (Å²) in [5.41, 5.74) is 8.23. The Balaban J connectivity index is 1.30. The van der Waals surface area contributed by atoms with Crippen molar-refractivity contribution in [3.63, 3.8) is 0 Å². The Hall–Kier alpha value is -2.79. The lowest BCUT2D eigenvalue weighted by atomic mass is 9.80. The fraction of sp³-hybridized carbons (Fsp3) is 0.375. The summed E-state index contributed by atoms with van der Waals surface area (Å²) in [6, 6.07) is 9.89. The van der Waals surface area contributed by atoms with Crippen LogP contribution in [-0.4, -0.2) is 55.5 Å². The van der Waals surface area contributed by atoms with Gasteiger partial charge in [-0.1, -0.05) is 12.1 Å². The standard InChI is InChI=1S/C24H26BrN7O2/c1-27-22-14-4-5-32(23(14)30-11-29-22)18-9-24(20(34)19(18)33)8-17(28-10-24)13-3-2-12-6-15(25)21(26)31-16(12)7-13/h2-7,11,17-20,28,33-34H,8-10H2,1H3,(H2,26,31)(H,27,29,30). The van der Waals surface area contributed by atoms with Crippen LogP contribution in [0.15, 0.2) is 47.3 Å². The average molecular weight is 524 g/mol. The Kier molecular flexibility index (Phi) is 5.03. The number of halogens is 1. The molecule has 1 aliphatic carbocycles. The van der Waals surface area contributed by atoms with E-state index in [0.717, 1.165) is 44.2 Å². The number of aliphatic hydroxyl groups is 2. The van der Waals surface area contributed by atoms with Crippen molar-refractivity contribution in [1.82, 2.24) is 24.8 Å². The molecule has 34 heavy (non-hydrogen) atoms. The fourth-order valence-electron chi connectivity index (χ4n) is 5.82. The van der Waals surface area contributed by atoms with E-state index in [0.29, 0.717) is 18.8 Å². The summed E-state index contributed by atoms with van der Waals surface area (Å²) in [6.07, 6.45) is 3.08. The molecule has 176 valence electrons. The molecule has 6 N–H and O–H groups in total. The molecule has 4 aromatic rings. The summed E-state index contributed by atoms with van der Waals surface area (Å²) in [6.45, 7) is 0.621. The van der Waals surface area contributed by atoms with Crippen molar-refractivity contribution < 1.29 is 10.2 Å². The number of rotatable bonds is 3. The van der Waals surface area contributed by atoms with Gasteiger partial charge in [0.2, 0.25) is 0 Å². The van der Waals surface area contributed by atoms with Gasteiger partial charge in [0, 0.05) is 36.6 Å². The summed E-state index contributed by atoms with van der Waals surface area (Å²) in [4.78, 5) is 13.2. The quantitative estimate of drug-likeness (QED) is 0.276. The van der Waals surface area contributed by atoms with Gasteiger partial charge in [-0.3, -0.25) is 0 Å². The van der Waals surface area contributed by atoms with Gasteiger partial charge in [-0.2, -0.15) is 0 Å². The van der Waals surface area contributed by atoms with Crippen LogP contribution in [0.5, 0.6) is 0 Å². The van der Waals surface area contributed by atoms with Crippen molar-refractivity contribution in [3.05, 3.63) is 52.9 Å². The maximum Gasteiger partial charge on any atom is 0.145 e. The Morgan fingerprint density at radius 3 is 2.88 bits per heavy atom. The lowest BCUT2D eigenvalue weighted by molar-refractivity contribution is -0.0218. The number of aromatic nitrogens is 4. The molecule has 1 saturated heterocycles. The first-order valence-corrected chi connectivity index (χ1v) is 12.1. The lowest BCUT2D eigenvalue weighted by Gasteiger charge is -2.27. The molecule has 0 amide bonds. The van der Waals surface area contributed by atoms with Gasteiger partial charge < -0.3 is 31.1 Å². The van der Waals surface area contributed by atoms with Gasteiger partial charge in [0.1, 0.15) is 29.7 Å². The van der Waals surface area contributed by atoms with Crippen LogP contribution in [0.1, 0.15) is 30.5 Å². The predicted octanol–water partition coefficient (Wildman–Crippen LogP) is 2.75. The van der Waals surface area contributed by atoms with Gasteiger partial charge >= 0.3 is 0 Å². The third-order valence-corrected chi connectivity index (χ3v) is 8.24. The second-order valence-corrected chi connectivity index (χ2v) is 10.3. The second-order valence-electron chi connectivity index (χ2n) is 9.45. The maximum absolute atomic E-state index is 11.2. The normalized spacial score (nSPS) is 28.9. The van der Waals surface area contributed by atoms with Crippen molar-refractivity contribution in [2.45, 2.75) is 37.1 Å². The van der Waals surface area contributed by atoms with Crippen molar-refractivity contribution in [1.29, 1.82) is 0 Å².